The number of hydrazone groups is 1. The molecule has 2 aromatic carbocycles. The number of anilines is 2. The van der Waals surface area contributed by atoms with Gasteiger partial charge in [0, 0.05) is 25.4 Å². The molecule has 2 amide bonds. The lowest BCUT2D eigenvalue weighted by molar-refractivity contribution is -0.153. The molecule has 3 rings (SSSR count). The molecule has 7 nitrogen and oxygen atoms in total. The summed E-state index contributed by atoms with van der Waals surface area (Å²) in [7, 11) is 1.27. The maximum Gasteiger partial charge on any atom is 0.422 e. The number of para-hydroxylation sites is 1. The van der Waals surface area contributed by atoms with Gasteiger partial charge in [0.1, 0.15) is 28.9 Å². The van der Waals surface area contributed by atoms with Gasteiger partial charge in [0.2, 0.25) is 6.41 Å². The van der Waals surface area contributed by atoms with Crippen LogP contribution in [0.1, 0.15) is 10.4 Å². The first kappa shape index (κ1) is 25.2. The van der Waals surface area contributed by atoms with Gasteiger partial charge in [-0.2, -0.15) is 13.2 Å². The molecular weight excluding hydrogens is 490 g/mol. The Morgan fingerprint density at radius 1 is 1.24 bits per heavy atom. The number of nitrogens with zero attached hydrogens (tertiary/aromatic N) is 3. The van der Waals surface area contributed by atoms with Crippen LogP contribution in [0.2, 0.25) is 0 Å². The Bertz CT molecular complexity index is 1110. The lowest BCUT2D eigenvalue weighted by Gasteiger charge is -2.20. The van der Waals surface area contributed by atoms with Crippen molar-refractivity contribution in [1.29, 1.82) is 0 Å². The summed E-state index contributed by atoms with van der Waals surface area (Å²) in [4.78, 5) is 24.9. The number of alkyl halides is 3. The van der Waals surface area contributed by atoms with Crippen LogP contribution in [0.25, 0.3) is 0 Å². The van der Waals surface area contributed by atoms with Gasteiger partial charge in [-0.1, -0.05) is 17.8 Å². The SMILES string of the molecule is CN(/N=C1/SCCN1C=O)c1cc(OCC(F)(F)F)c(C(=O)Nc2c(F)cccc2F)cc1F. The van der Waals surface area contributed by atoms with E-state index in [2.05, 4.69) is 5.10 Å². The minimum absolute atomic E-state index is 0.228. The Balaban J connectivity index is 1.98. The second kappa shape index (κ2) is 10.2. The van der Waals surface area contributed by atoms with Gasteiger partial charge < -0.3 is 10.1 Å². The number of hydrogen-bond donors (Lipinski definition) is 1. The van der Waals surface area contributed by atoms with E-state index >= 15 is 0 Å². The summed E-state index contributed by atoms with van der Waals surface area (Å²) in [5, 5.41) is 7.12. The molecule has 0 unspecified atom stereocenters. The van der Waals surface area contributed by atoms with Crippen molar-refractivity contribution in [2.45, 2.75) is 6.18 Å². The zero-order valence-corrected chi connectivity index (χ0v) is 18.1. The van der Waals surface area contributed by atoms with Crippen molar-refractivity contribution in [3.8, 4) is 5.75 Å². The van der Waals surface area contributed by atoms with Crippen LogP contribution in [0.5, 0.6) is 5.75 Å². The van der Waals surface area contributed by atoms with Crippen LogP contribution in [-0.2, 0) is 4.79 Å². The van der Waals surface area contributed by atoms with Crippen molar-refractivity contribution in [1.82, 2.24) is 4.90 Å². The van der Waals surface area contributed by atoms with E-state index in [9.17, 15) is 35.9 Å². The maximum absolute atomic E-state index is 14.9. The topological polar surface area (TPSA) is 74.2 Å². The van der Waals surface area contributed by atoms with Crippen molar-refractivity contribution in [3.05, 3.63) is 53.3 Å². The Kier molecular flexibility index (Phi) is 7.59. The molecule has 1 fully saturated rings. The molecule has 34 heavy (non-hydrogen) atoms. The summed E-state index contributed by atoms with van der Waals surface area (Å²) in [5.41, 5.74) is -1.98. The summed E-state index contributed by atoms with van der Waals surface area (Å²) < 4.78 is 85.5. The minimum atomic E-state index is -4.79. The molecule has 2 aromatic rings. The van der Waals surface area contributed by atoms with Crippen molar-refractivity contribution in [2.24, 2.45) is 5.10 Å². The van der Waals surface area contributed by atoms with E-state index in [4.69, 9.17) is 4.74 Å². The van der Waals surface area contributed by atoms with Gasteiger partial charge in [0.25, 0.3) is 5.91 Å². The van der Waals surface area contributed by atoms with E-state index in [1.807, 2.05) is 5.32 Å². The summed E-state index contributed by atoms with van der Waals surface area (Å²) in [6.45, 7) is -1.45. The van der Waals surface area contributed by atoms with Crippen LogP contribution < -0.4 is 15.1 Å². The quantitative estimate of drug-likeness (QED) is 0.346. The third-order valence-electron chi connectivity index (χ3n) is 4.41. The molecule has 1 heterocycles. The largest absolute Gasteiger partial charge is 0.483 e. The third-order valence-corrected chi connectivity index (χ3v) is 5.37. The number of nitrogens with one attached hydrogen (secondary N) is 1. The molecule has 0 aromatic heterocycles. The zero-order valence-electron chi connectivity index (χ0n) is 17.3. The van der Waals surface area contributed by atoms with Crippen LogP contribution in [0.4, 0.5) is 37.7 Å². The highest BCUT2D eigenvalue weighted by molar-refractivity contribution is 8.14. The monoisotopic (exact) mass is 506 g/mol. The maximum atomic E-state index is 14.9. The van der Waals surface area contributed by atoms with E-state index in [0.29, 0.717) is 24.8 Å². The molecule has 0 aliphatic carbocycles. The first-order chi connectivity index (χ1) is 16.0. The lowest BCUT2D eigenvalue weighted by atomic mass is 10.1. The number of carbonyl (C=O) groups excluding carboxylic acids is 2. The van der Waals surface area contributed by atoms with Gasteiger partial charge in [0.05, 0.1) is 11.3 Å². The lowest BCUT2D eigenvalue weighted by Crippen LogP contribution is -2.26. The number of amidine groups is 1. The standard InChI is InChI=1S/C20H16F6N4O3S/c1-29(28-19-30(10-31)5-6-34-19)15-8-16(33-9-20(24,25)26)11(7-14(15)23)18(32)27-17-12(21)3-2-4-13(17)22/h2-4,7-8,10H,5-6,9H2,1H3,(H,27,32)/b28-19+. The molecule has 1 N–H and O–H groups in total. The van der Waals surface area contributed by atoms with Crippen molar-refractivity contribution in [3.63, 3.8) is 0 Å². The van der Waals surface area contributed by atoms with Gasteiger partial charge in [-0.05, 0) is 18.2 Å². The summed E-state index contributed by atoms with van der Waals surface area (Å²) in [5.74, 6) is -4.86. The van der Waals surface area contributed by atoms with E-state index in [-0.39, 0.29) is 10.9 Å². The van der Waals surface area contributed by atoms with Crippen LogP contribution in [0.3, 0.4) is 0 Å². The van der Waals surface area contributed by atoms with Gasteiger partial charge in [-0.25, -0.2) is 13.2 Å². The highest BCUT2D eigenvalue weighted by atomic mass is 32.2. The fourth-order valence-electron chi connectivity index (χ4n) is 2.83. The first-order valence-electron chi connectivity index (χ1n) is 9.45. The second-order valence-electron chi connectivity index (χ2n) is 6.81. The number of benzene rings is 2. The van der Waals surface area contributed by atoms with E-state index in [0.717, 1.165) is 29.3 Å². The molecule has 1 saturated heterocycles. The average molecular weight is 506 g/mol. The van der Waals surface area contributed by atoms with Gasteiger partial charge in [0.15, 0.2) is 11.8 Å². The van der Waals surface area contributed by atoms with E-state index < -0.39 is 53.1 Å². The predicted molar refractivity (Wildman–Crippen MR) is 113 cm³/mol. The van der Waals surface area contributed by atoms with Crippen molar-refractivity contribution in [2.75, 3.05) is 36.3 Å². The second-order valence-corrected chi connectivity index (χ2v) is 7.87. The van der Waals surface area contributed by atoms with Crippen LogP contribution in [0, 0.1) is 17.5 Å². The number of rotatable bonds is 7. The average Bonchev–Trinajstić information content (AvgIpc) is 3.21. The predicted octanol–water partition coefficient (Wildman–Crippen LogP) is 4.21. The third kappa shape index (κ3) is 5.92. The molecule has 0 saturated carbocycles. The number of halogens is 6. The van der Waals surface area contributed by atoms with Gasteiger partial charge >= 0.3 is 6.18 Å². The zero-order chi connectivity index (χ0) is 25.0. The Morgan fingerprint density at radius 3 is 2.53 bits per heavy atom. The molecule has 1 aliphatic rings. The Labute approximate surface area is 193 Å². The Morgan fingerprint density at radius 2 is 1.91 bits per heavy atom. The molecular formula is C20H16F6N4O3S. The van der Waals surface area contributed by atoms with Crippen molar-refractivity contribution < 1.29 is 40.7 Å². The molecule has 182 valence electrons. The van der Waals surface area contributed by atoms with Crippen LogP contribution in [0.15, 0.2) is 35.4 Å². The minimum Gasteiger partial charge on any atom is -0.483 e. The molecule has 0 bridgehead atoms. The van der Waals surface area contributed by atoms with Gasteiger partial charge in [-0.15, -0.1) is 5.10 Å². The summed E-state index contributed by atoms with van der Waals surface area (Å²) in [6, 6.07) is 4.09. The van der Waals surface area contributed by atoms with E-state index in [1.165, 1.54) is 23.7 Å². The Hall–Kier alpha value is -3.42. The number of amides is 2. The number of hydrogen-bond acceptors (Lipinski definition) is 6. The highest BCUT2D eigenvalue weighted by Gasteiger charge is 2.30. The van der Waals surface area contributed by atoms with Crippen molar-refractivity contribution >= 4 is 40.6 Å². The number of carbonyl (C=O) groups is 2. The first-order valence-corrected chi connectivity index (χ1v) is 10.4. The van der Waals surface area contributed by atoms with Gasteiger partial charge in [-0.3, -0.25) is 19.5 Å². The fourth-order valence-corrected chi connectivity index (χ4v) is 3.78. The van der Waals surface area contributed by atoms with E-state index in [1.54, 1.807) is 0 Å². The highest BCUT2D eigenvalue weighted by Crippen LogP contribution is 2.32. The molecule has 0 radical (unpaired) electrons. The normalized spacial score (nSPS) is 14.9. The van der Waals surface area contributed by atoms with Crippen LogP contribution >= 0.6 is 11.8 Å². The molecule has 1 aliphatic heterocycles. The number of thioether (sulfide) groups is 1. The number of ether oxygens (including phenoxy) is 1. The molecule has 14 heteroatoms. The van der Waals surface area contributed by atoms with Crippen LogP contribution in [-0.4, -0.2) is 54.5 Å². The molecule has 0 atom stereocenters. The summed E-state index contributed by atoms with van der Waals surface area (Å²) >= 11 is 1.20. The molecule has 0 spiro atoms. The smallest absolute Gasteiger partial charge is 0.422 e. The summed E-state index contributed by atoms with van der Waals surface area (Å²) in [6.07, 6.45) is -4.27. The fraction of sp³-hybridized carbons (Fsp3) is 0.250.